The van der Waals surface area contributed by atoms with Gasteiger partial charge in [0.25, 0.3) is 0 Å². The summed E-state index contributed by atoms with van der Waals surface area (Å²) in [6.45, 7) is 0. The van der Waals surface area contributed by atoms with Crippen LogP contribution in [0.2, 0.25) is 0 Å². The number of aromatic amines is 2. The van der Waals surface area contributed by atoms with Crippen molar-refractivity contribution in [3.8, 4) is 11.6 Å². The van der Waals surface area contributed by atoms with Crippen molar-refractivity contribution in [3.63, 3.8) is 0 Å². The van der Waals surface area contributed by atoms with Crippen molar-refractivity contribution >= 4 is 10.9 Å². The molecule has 0 saturated heterocycles. The lowest BCUT2D eigenvalue weighted by Gasteiger charge is -2.03. The van der Waals surface area contributed by atoms with Crippen LogP contribution in [-0.4, -0.2) is 19.6 Å². The van der Waals surface area contributed by atoms with Gasteiger partial charge in [0, 0.05) is 23.5 Å². The molecule has 0 aliphatic heterocycles. The number of nitrogens with one attached hydrogen (secondary N) is 2. The van der Waals surface area contributed by atoms with Gasteiger partial charge in [-0.25, -0.2) is 9.36 Å². The minimum Gasteiger partial charge on any atom is -0.493 e. The smallest absolute Gasteiger partial charge is 0.333 e. The molecular formula is C18H15N3O2. The van der Waals surface area contributed by atoms with Crippen molar-refractivity contribution < 1.29 is 5.11 Å². The van der Waals surface area contributed by atoms with Crippen molar-refractivity contribution in [2.24, 2.45) is 0 Å². The quantitative estimate of drug-likeness (QED) is 0.544. The summed E-state index contributed by atoms with van der Waals surface area (Å²) in [5.41, 5.74) is 2.85. The van der Waals surface area contributed by atoms with Crippen LogP contribution in [0.5, 0.6) is 5.88 Å². The van der Waals surface area contributed by atoms with Crippen LogP contribution in [0.25, 0.3) is 16.6 Å². The van der Waals surface area contributed by atoms with Crippen LogP contribution in [-0.2, 0) is 6.42 Å². The molecule has 0 amide bonds. The molecule has 2 aromatic heterocycles. The largest absolute Gasteiger partial charge is 0.493 e. The zero-order chi connectivity index (χ0) is 15.8. The van der Waals surface area contributed by atoms with Crippen LogP contribution in [0, 0.1) is 0 Å². The zero-order valence-electron chi connectivity index (χ0n) is 12.3. The van der Waals surface area contributed by atoms with Gasteiger partial charge in [0.2, 0.25) is 5.88 Å². The maximum atomic E-state index is 12.2. The van der Waals surface area contributed by atoms with E-state index in [1.54, 1.807) is 12.1 Å². The number of para-hydroxylation sites is 2. The van der Waals surface area contributed by atoms with Gasteiger partial charge in [0.1, 0.15) is 0 Å². The van der Waals surface area contributed by atoms with E-state index in [4.69, 9.17) is 0 Å². The fraction of sp³-hybridized carbons (Fsp3) is 0.0556. The highest BCUT2D eigenvalue weighted by molar-refractivity contribution is 5.83. The Labute approximate surface area is 131 Å². The first-order valence-electron chi connectivity index (χ1n) is 7.37. The number of nitrogens with zero attached hydrogens (tertiary/aromatic N) is 1. The first kappa shape index (κ1) is 13.5. The molecule has 0 aliphatic carbocycles. The van der Waals surface area contributed by atoms with Crippen molar-refractivity contribution in [2.75, 3.05) is 0 Å². The summed E-state index contributed by atoms with van der Waals surface area (Å²) in [4.78, 5) is 18.2. The summed E-state index contributed by atoms with van der Waals surface area (Å²) >= 11 is 0. The number of rotatable bonds is 3. The average Bonchev–Trinajstić information content (AvgIpc) is 3.10. The summed E-state index contributed by atoms with van der Waals surface area (Å²) in [6, 6.07) is 17.0. The van der Waals surface area contributed by atoms with Crippen molar-refractivity contribution in [1.29, 1.82) is 0 Å². The van der Waals surface area contributed by atoms with Gasteiger partial charge in [-0.3, -0.25) is 0 Å². The predicted molar refractivity (Wildman–Crippen MR) is 89.2 cm³/mol. The Morgan fingerprint density at radius 2 is 1.74 bits per heavy atom. The molecule has 0 fully saturated rings. The minimum absolute atomic E-state index is 0.0496. The maximum Gasteiger partial charge on any atom is 0.333 e. The number of benzene rings is 2. The van der Waals surface area contributed by atoms with E-state index in [1.165, 1.54) is 4.57 Å². The molecule has 23 heavy (non-hydrogen) atoms. The van der Waals surface area contributed by atoms with Crippen LogP contribution in [0.15, 0.2) is 65.6 Å². The third kappa shape index (κ3) is 2.23. The summed E-state index contributed by atoms with van der Waals surface area (Å²) in [6.07, 6.45) is 2.35. The Kier molecular flexibility index (Phi) is 3.05. The second-order valence-electron chi connectivity index (χ2n) is 5.44. The highest BCUT2D eigenvalue weighted by atomic mass is 16.3. The standard InChI is InChI=1S/C18H15N3O2/c22-17-16(10-12-11-19-15-9-5-4-8-14(12)15)20-18(23)21(17)13-6-2-1-3-7-13/h1-9,11,19,22H,10H2,(H,20,23). The van der Waals surface area contributed by atoms with E-state index in [9.17, 15) is 9.90 Å². The summed E-state index contributed by atoms with van der Waals surface area (Å²) in [7, 11) is 0. The molecule has 0 atom stereocenters. The van der Waals surface area contributed by atoms with Crippen molar-refractivity contribution in [1.82, 2.24) is 14.5 Å². The second kappa shape index (κ2) is 5.21. The van der Waals surface area contributed by atoms with Gasteiger partial charge < -0.3 is 15.1 Å². The molecule has 0 saturated carbocycles. The number of hydrogen-bond donors (Lipinski definition) is 3. The lowest BCUT2D eigenvalue weighted by atomic mass is 10.1. The topological polar surface area (TPSA) is 73.8 Å². The Morgan fingerprint density at radius 1 is 1.00 bits per heavy atom. The van der Waals surface area contributed by atoms with Crippen LogP contribution in [0.1, 0.15) is 11.3 Å². The van der Waals surface area contributed by atoms with E-state index in [2.05, 4.69) is 9.97 Å². The van der Waals surface area contributed by atoms with Gasteiger partial charge in [0.15, 0.2) is 0 Å². The predicted octanol–water partition coefficient (Wildman–Crippen LogP) is 2.94. The lowest BCUT2D eigenvalue weighted by molar-refractivity contribution is 0.435. The van der Waals surface area contributed by atoms with Gasteiger partial charge in [-0.1, -0.05) is 36.4 Å². The summed E-state index contributed by atoms with van der Waals surface area (Å²) in [5.74, 6) is -0.0496. The van der Waals surface area contributed by atoms with Crippen LogP contribution < -0.4 is 5.69 Å². The molecular weight excluding hydrogens is 290 g/mol. The van der Waals surface area contributed by atoms with Crippen molar-refractivity contribution in [3.05, 3.63) is 82.5 Å². The van der Waals surface area contributed by atoms with E-state index in [0.29, 0.717) is 17.8 Å². The van der Waals surface area contributed by atoms with Crippen LogP contribution in [0.3, 0.4) is 0 Å². The molecule has 0 bridgehead atoms. The molecule has 2 heterocycles. The maximum absolute atomic E-state index is 12.2. The highest BCUT2D eigenvalue weighted by Crippen LogP contribution is 2.24. The van der Waals surface area contributed by atoms with Crippen molar-refractivity contribution in [2.45, 2.75) is 6.42 Å². The first-order chi connectivity index (χ1) is 11.2. The molecule has 0 radical (unpaired) electrons. The van der Waals surface area contributed by atoms with Gasteiger partial charge in [-0.2, -0.15) is 0 Å². The number of aromatic hydroxyl groups is 1. The molecule has 5 heteroatoms. The number of aromatic nitrogens is 3. The third-order valence-electron chi connectivity index (χ3n) is 4.00. The molecule has 2 aromatic carbocycles. The van der Waals surface area contributed by atoms with Gasteiger partial charge >= 0.3 is 5.69 Å². The molecule has 4 aromatic rings. The fourth-order valence-electron chi connectivity index (χ4n) is 2.88. The minimum atomic E-state index is -0.344. The van der Waals surface area contributed by atoms with E-state index in [0.717, 1.165) is 16.5 Å². The van der Waals surface area contributed by atoms with Crippen LogP contribution in [0.4, 0.5) is 0 Å². The van der Waals surface area contributed by atoms with E-state index in [1.807, 2.05) is 48.7 Å². The molecule has 0 unspecified atom stereocenters. The molecule has 114 valence electrons. The molecule has 0 spiro atoms. The fourth-order valence-corrected chi connectivity index (χ4v) is 2.88. The molecule has 5 nitrogen and oxygen atoms in total. The summed E-state index contributed by atoms with van der Waals surface area (Å²) in [5, 5.41) is 11.5. The van der Waals surface area contributed by atoms with E-state index < -0.39 is 0 Å². The average molecular weight is 305 g/mol. The Bertz CT molecular complexity index is 1030. The molecule has 3 N–H and O–H groups in total. The molecule has 4 rings (SSSR count). The number of imidazole rings is 1. The van der Waals surface area contributed by atoms with Gasteiger partial charge in [0.05, 0.1) is 11.4 Å². The number of hydrogen-bond acceptors (Lipinski definition) is 2. The summed E-state index contributed by atoms with van der Waals surface area (Å²) < 4.78 is 1.28. The normalized spacial score (nSPS) is 11.1. The van der Waals surface area contributed by atoms with Crippen LogP contribution >= 0.6 is 0 Å². The molecule has 0 aliphatic rings. The Hall–Kier alpha value is -3.21. The lowest BCUT2D eigenvalue weighted by Crippen LogP contribution is -2.14. The Balaban J connectivity index is 1.78. The van der Waals surface area contributed by atoms with Gasteiger partial charge in [-0.05, 0) is 23.8 Å². The monoisotopic (exact) mass is 305 g/mol. The Morgan fingerprint density at radius 3 is 2.57 bits per heavy atom. The van der Waals surface area contributed by atoms with Gasteiger partial charge in [-0.15, -0.1) is 0 Å². The highest BCUT2D eigenvalue weighted by Gasteiger charge is 2.16. The number of fused-ring (bicyclic) bond motifs is 1. The van der Waals surface area contributed by atoms with E-state index >= 15 is 0 Å². The SMILES string of the molecule is O=c1[nH]c(Cc2c[nH]c3ccccc23)c(O)n1-c1ccccc1. The zero-order valence-corrected chi connectivity index (χ0v) is 12.3. The van der Waals surface area contributed by atoms with E-state index in [-0.39, 0.29) is 11.6 Å². The number of H-pyrrole nitrogens is 2. The second-order valence-corrected chi connectivity index (χ2v) is 5.44. The third-order valence-corrected chi connectivity index (χ3v) is 4.00. The first-order valence-corrected chi connectivity index (χ1v) is 7.37.